The van der Waals surface area contributed by atoms with Crippen molar-refractivity contribution in [2.24, 2.45) is 0 Å². The van der Waals surface area contributed by atoms with E-state index >= 15 is 0 Å². The fourth-order valence-electron chi connectivity index (χ4n) is 3.67. The molecule has 3 aromatic rings. The number of unbranched alkanes of at least 4 members (excludes halogenated alkanes) is 1. The third-order valence-electron chi connectivity index (χ3n) is 5.33. The molecule has 32 heavy (non-hydrogen) atoms. The minimum absolute atomic E-state index is 0.170. The molecule has 3 rings (SSSR count). The number of aryl methyl sites for hydroxylation is 1. The van der Waals surface area contributed by atoms with Gasteiger partial charge >= 0.3 is 0 Å². The van der Waals surface area contributed by atoms with E-state index in [1.165, 1.54) is 14.2 Å². The van der Waals surface area contributed by atoms with Crippen molar-refractivity contribution in [2.45, 2.75) is 50.3 Å². The predicted octanol–water partition coefficient (Wildman–Crippen LogP) is 4.77. The molecular weight excluding hydrogens is 428 g/mol. The summed E-state index contributed by atoms with van der Waals surface area (Å²) in [5.74, 6) is 0.667. The average Bonchev–Trinajstić information content (AvgIpc) is 3.20. The van der Waals surface area contributed by atoms with Crippen molar-refractivity contribution >= 4 is 10.0 Å². The molecule has 1 aromatic heterocycles. The van der Waals surface area contributed by atoms with Gasteiger partial charge in [-0.15, -0.1) is 0 Å². The molecule has 0 fully saturated rings. The molecule has 0 amide bonds. The van der Waals surface area contributed by atoms with Crippen molar-refractivity contribution in [1.29, 1.82) is 0 Å². The Labute approximate surface area is 189 Å². The van der Waals surface area contributed by atoms with Crippen LogP contribution < -0.4 is 4.72 Å². The lowest BCUT2D eigenvalue weighted by Gasteiger charge is -2.25. The quantitative estimate of drug-likeness (QED) is 0.416. The molecule has 0 aliphatic rings. The van der Waals surface area contributed by atoms with Crippen LogP contribution in [0.4, 0.5) is 0 Å². The molecule has 0 aliphatic carbocycles. The molecule has 7 nitrogen and oxygen atoms in total. The van der Waals surface area contributed by atoms with Gasteiger partial charge in [0.05, 0.1) is 16.5 Å². The van der Waals surface area contributed by atoms with E-state index in [4.69, 9.17) is 14.0 Å². The van der Waals surface area contributed by atoms with Crippen molar-refractivity contribution in [3.05, 3.63) is 60.4 Å². The van der Waals surface area contributed by atoms with Crippen LogP contribution in [-0.4, -0.2) is 40.1 Å². The van der Waals surface area contributed by atoms with E-state index in [2.05, 4.69) is 16.8 Å². The van der Waals surface area contributed by atoms with E-state index in [9.17, 15) is 8.42 Å². The molecule has 0 bridgehead atoms. The number of benzene rings is 2. The highest BCUT2D eigenvalue weighted by Crippen LogP contribution is 2.34. The monoisotopic (exact) mass is 458 g/mol. The number of nitrogens with zero attached hydrogens (tertiary/aromatic N) is 1. The molecule has 0 aliphatic heterocycles. The van der Waals surface area contributed by atoms with E-state index in [1.54, 1.807) is 24.3 Å². The van der Waals surface area contributed by atoms with Crippen LogP contribution in [0.15, 0.2) is 64.0 Å². The Morgan fingerprint density at radius 1 is 1.00 bits per heavy atom. The van der Waals surface area contributed by atoms with Gasteiger partial charge in [0.2, 0.25) is 10.0 Å². The average molecular weight is 459 g/mol. The van der Waals surface area contributed by atoms with Gasteiger partial charge in [0.25, 0.3) is 0 Å². The van der Waals surface area contributed by atoms with Crippen LogP contribution in [0.25, 0.3) is 22.4 Å². The number of rotatable bonds is 11. The highest BCUT2D eigenvalue weighted by atomic mass is 32.2. The smallest absolute Gasteiger partial charge is 0.240 e. The lowest BCUT2D eigenvalue weighted by atomic mass is 10.00. The third kappa shape index (κ3) is 5.45. The standard InChI is InChI=1S/C24H30N2O5S/c1-5-6-12-21(24(29-3)30-4)26-32(27,28)20-15-13-18(14-16-20)22-17(2)31-25-23(22)19-10-8-7-9-11-19/h7-11,13-16,21,24,26H,5-6,12H2,1-4H3. The second-order valence-corrected chi connectivity index (χ2v) is 9.28. The number of nitrogens with one attached hydrogen (secondary N) is 1. The second-order valence-electron chi connectivity index (χ2n) is 7.56. The lowest BCUT2D eigenvalue weighted by Crippen LogP contribution is -2.45. The summed E-state index contributed by atoms with van der Waals surface area (Å²) in [6, 6.07) is 16.0. The molecular formula is C24H30N2O5S. The second kappa shape index (κ2) is 10.9. The fourth-order valence-corrected chi connectivity index (χ4v) is 4.93. The van der Waals surface area contributed by atoms with Crippen LogP contribution in [-0.2, 0) is 19.5 Å². The van der Waals surface area contributed by atoms with E-state index in [0.717, 1.165) is 35.2 Å². The van der Waals surface area contributed by atoms with Crippen molar-refractivity contribution in [1.82, 2.24) is 9.88 Å². The summed E-state index contributed by atoms with van der Waals surface area (Å²) < 4.78 is 44.9. The minimum atomic E-state index is -3.76. The Balaban J connectivity index is 1.88. The van der Waals surface area contributed by atoms with E-state index in [-0.39, 0.29) is 4.90 Å². The summed E-state index contributed by atoms with van der Waals surface area (Å²) in [5.41, 5.74) is 3.32. The van der Waals surface area contributed by atoms with Crippen molar-refractivity contribution in [3.8, 4) is 22.4 Å². The molecule has 1 heterocycles. The molecule has 172 valence electrons. The topological polar surface area (TPSA) is 90.7 Å². The summed E-state index contributed by atoms with van der Waals surface area (Å²) in [6.45, 7) is 3.89. The van der Waals surface area contributed by atoms with Gasteiger partial charge in [-0.2, -0.15) is 0 Å². The Hall–Kier alpha value is -2.52. The van der Waals surface area contributed by atoms with E-state index in [0.29, 0.717) is 12.2 Å². The molecule has 2 aromatic carbocycles. The van der Waals surface area contributed by atoms with Gasteiger partial charge in [0, 0.05) is 19.8 Å². The Morgan fingerprint density at radius 3 is 2.25 bits per heavy atom. The SMILES string of the molecule is CCCCC(NS(=O)(=O)c1ccc(-c2c(-c3ccccc3)noc2C)cc1)C(OC)OC. The number of methoxy groups -OCH3 is 2. The van der Waals surface area contributed by atoms with Crippen molar-refractivity contribution < 1.29 is 22.4 Å². The lowest BCUT2D eigenvalue weighted by molar-refractivity contribution is -0.120. The maximum absolute atomic E-state index is 13.0. The Kier molecular flexibility index (Phi) is 8.20. The maximum atomic E-state index is 13.0. The molecule has 0 radical (unpaired) electrons. The van der Waals surface area contributed by atoms with Gasteiger partial charge in [-0.3, -0.25) is 0 Å². The largest absolute Gasteiger partial charge is 0.360 e. The summed E-state index contributed by atoms with van der Waals surface area (Å²) in [5, 5.41) is 4.21. The van der Waals surface area contributed by atoms with Gasteiger partial charge in [0.15, 0.2) is 6.29 Å². The molecule has 8 heteroatoms. The van der Waals surface area contributed by atoms with Crippen LogP contribution >= 0.6 is 0 Å². The first-order valence-electron chi connectivity index (χ1n) is 10.6. The zero-order valence-corrected chi connectivity index (χ0v) is 19.7. The van der Waals surface area contributed by atoms with Gasteiger partial charge in [-0.1, -0.05) is 67.4 Å². The van der Waals surface area contributed by atoms with Gasteiger partial charge in [0.1, 0.15) is 11.5 Å². The molecule has 0 saturated carbocycles. The summed E-state index contributed by atoms with van der Waals surface area (Å²) in [7, 11) is -0.759. The maximum Gasteiger partial charge on any atom is 0.240 e. The number of hydrogen-bond donors (Lipinski definition) is 1. The first kappa shape index (κ1) is 24.1. The zero-order chi connectivity index (χ0) is 23.1. The highest BCUT2D eigenvalue weighted by molar-refractivity contribution is 7.89. The zero-order valence-electron chi connectivity index (χ0n) is 18.9. The Bertz CT molecular complexity index is 1090. The van der Waals surface area contributed by atoms with Crippen LogP contribution in [0.1, 0.15) is 31.9 Å². The van der Waals surface area contributed by atoms with Gasteiger partial charge < -0.3 is 14.0 Å². The van der Waals surface area contributed by atoms with E-state index in [1.807, 2.05) is 37.3 Å². The van der Waals surface area contributed by atoms with Crippen molar-refractivity contribution in [3.63, 3.8) is 0 Å². The number of hydrogen-bond acceptors (Lipinski definition) is 6. The van der Waals surface area contributed by atoms with Crippen LogP contribution in [0, 0.1) is 6.92 Å². The first-order valence-corrected chi connectivity index (χ1v) is 12.1. The summed E-state index contributed by atoms with van der Waals surface area (Å²) in [6.07, 6.45) is 1.74. The third-order valence-corrected chi connectivity index (χ3v) is 6.84. The number of ether oxygens (including phenoxy) is 2. The van der Waals surface area contributed by atoms with E-state index < -0.39 is 22.4 Å². The first-order chi connectivity index (χ1) is 15.4. The van der Waals surface area contributed by atoms with Gasteiger partial charge in [-0.25, -0.2) is 13.1 Å². The number of sulfonamides is 1. The predicted molar refractivity (Wildman–Crippen MR) is 124 cm³/mol. The summed E-state index contributed by atoms with van der Waals surface area (Å²) in [4.78, 5) is 0.170. The van der Waals surface area contributed by atoms with Crippen molar-refractivity contribution in [2.75, 3.05) is 14.2 Å². The molecule has 0 saturated heterocycles. The normalized spacial score (nSPS) is 12.9. The van der Waals surface area contributed by atoms with Gasteiger partial charge in [-0.05, 0) is 31.0 Å². The van der Waals surface area contributed by atoms with Crippen LogP contribution in [0.3, 0.4) is 0 Å². The highest BCUT2D eigenvalue weighted by Gasteiger charge is 2.27. The Morgan fingerprint density at radius 2 is 1.66 bits per heavy atom. The molecule has 0 spiro atoms. The minimum Gasteiger partial charge on any atom is -0.360 e. The molecule has 1 atom stereocenters. The number of aromatic nitrogens is 1. The van der Waals surface area contributed by atoms with Crippen LogP contribution in [0.2, 0.25) is 0 Å². The fraction of sp³-hybridized carbons (Fsp3) is 0.375. The summed E-state index contributed by atoms with van der Waals surface area (Å²) >= 11 is 0. The van der Waals surface area contributed by atoms with Crippen LogP contribution in [0.5, 0.6) is 0 Å². The molecule has 1 N–H and O–H groups in total. The molecule has 1 unspecified atom stereocenters.